The number of carbonyl (C=O) groups is 2. The molecule has 7 nitrogen and oxygen atoms in total. The highest BCUT2D eigenvalue weighted by Crippen LogP contribution is 2.26. The topological polar surface area (TPSA) is 86.8 Å². The molecule has 4 aromatic rings. The predicted molar refractivity (Wildman–Crippen MR) is 166 cm³/mol. The van der Waals surface area contributed by atoms with E-state index in [1.165, 1.54) is 53.4 Å². The Hall–Kier alpha value is -4.57. The molecule has 0 aliphatic carbocycles. The third-order valence-corrected chi connectivity index (χ3v) is 8.88. The van der Waals surface area contributed by atoms with Gasteiger partial charge in [0, 0.05) is 19.5 Å². The molecule has 44 heavy (non-hydrogen) atoms. The fraction of sp³-hybridized carbons (Fsp3) is 0.235. The van der Waals surface area contributed by atoms with E-state index in [0.717, 1.165) is 27.6 Å². The Labute approximate surface area is 257 Å². The van der Waals surface area contributed by atoms with Crippen LogP contribution < -0.4 is 9.62 Å². The number of aryl methyl sites for hydroxylation is 1. The Morgan fingerprint density at radius 3 is 1.98 bits per heavy atom. The van der Waals surface area contributed by atoms with Crippen molar-refractivity contribution in [3.63, 3.8) is 0 Å². The monoisotopic (exact) mass is 619 g/mol. The van der Waals surface area contributed by atoms with E-state index in [0.29, 0.717) is 18.5 Å². The number of anilines is 1. The van der Waals surface area contributed by atoms with Crippen molar-refractivity contribution in [3.05, 3.63) is 131 Å². The molecule has 2 amide bonds. The summed E-state index contributed by atoms with van der Waals surface area (Å²) in [7, 11) is -4.30. The van der Waals surface area contributed by atoms with Gasteiger partial charge in [-0.3, -0.25) is 13.9 Å². The van der Waals surface area contributed by atoms with Crippen LogP contribution in [0.15, 0.2) is 108 Å². The number of nitrogens with zero attached hydrogens (tertiary/aromatic N) is 2. The van der Waals surface area contributed by atoms with Gasteiger partial charge in [-0.1, -0.05) is 67.1 Å². The molecular formula is C34H35F2N3O4S. The minimum absolute atomic E-state index is 0.0492. The molecule has 0 saturated heterocycles. The molecule has 1 atom stereocenters. The molecule has 1 unspecified atom stereocenters. The number of hydrogen-bond acceptors (Lipinski definition) is 4. The van der Waals surface area contributed by atoms with Gasteiger partial charge >= 0.3 is 0 Å². The first kappa shape index (κ1) is 32.3. The molecule has 1 N–H and O–H groups in total. The summed E-state index contributed by atoms with van der Waals surface area (Å²) in [4.78, 5) is 29.2. The number of rotatable bonds is 13. The zero-order valence-corrected chi connectivity index (χ0v) is 25.4. The van der Waals surface area contributed by atoms with Crippen LogP contribution in [0, 0.1) is 18.6 Å². The zero-order valence-electron chi connectivity index (χ0n) is 24.6. The zero-order chi connectivity index (χ0) is 31.7. The largest absolute Gasteiger partial charge is 0.354 e. The van der Waals surface area contributed by atoms with Crippen molar-refractivity contribution in [2.24, 2.45) is 0 Å². The van der Waals surface area contributed by atoms with Crippen molar-refractivity contribution in [3.8, 4) is 0 Å². The van der Waals surface area contributed by atoms with E-state index in [9.17, 15) is 26.8 Å². The maximum atomic E-state index is 14.3. The van der Waals surface area contributed by atoms with Crippen LogP contribution in [0.25, 0.3) is 0 Å². The Kier molecular flexibility index (Phi) is 10.8. The molecule has 10 heteroatoms. The van der Waals surface area contributed by atoms with Crippen molar-refractivity contribution >= 4 is 27.5 Å². The number of halogens is 2. The standard InChI is InChI=1S/C34H35F2N3O4S/c1-3-21-37-34(41)32(22-26-7-5-4-6-8-26)38(23-27-11-13-28(35)14-12-27)33(40)24-39(30-17-15-29(36)16-18-30)44(42,43)31-19-9-25(2)10-20-31/h4-20,32H,3,21-24H2,1-2H3,(H,37,41). The summed E-state index contributed by atoms with van der Waals surface area (Å²) < 4.78 is 56.5. The number of benzene rings is 4. The minimum Gasteiger partial charge on any atom is -0.354 e. The lowest BCUT2D eigenvalue weighted by Gasteiger charge is -2.34. The average Bonchev–Trinajstić information content (AvgIpc) is 3.02. The summed E-state index contributed by atoms with van der Waals surface area (Å²) in [6, 6.07) is 24.7. The number of nitrogens with one attached hydrogen (secondary N) is 1. The van der Waals surface area contributed by atoms with Crippen molar-refractivity contribution in [2.45, 2.75) is 44.2 Å². The maximum Gasteiger partial charge on any atom is 0.264 e. The van der Waals surface area contributed by atoms with Crippen molar-refractivity contribution in [2.75, 3.05) is 17.4 Å². The molecule has 0 heterocycles. The van der Waals surface area contributed by atoms with Gasteiger partial charge in [-0.15, -0.1) is 0 Å². The summed E-state index contributed by atoms with van der Waals surface area (Å²) in [6.45, 7) is 3.35. The van der Waals surface area contributed by atoms with Crippen LogP contribution in [0.5, 0.6) is 0 Å². The fourth-order valence-corrected chi connectivity index (χ4v) is 6.09. The lowest BCUT2D eigenvalue weighted by molar-refractivity contribution is -0.140. The minimum atomic E-state index is -4.30. The Morgan fingerprint density at radius 1 is 0.795 bits per heavy atom. The lowest BCUT2D eigenvalue weighted by Crippen LogP contribution is -2.53. The summed E-state index contributed by atoms with van der Waals surface area (Å²) in [6.07, 6.45) is 0.827. The summed E-state index contributed by atoms with van der Waals surface area (Å²) in [5.41, 5.74) is 2.28. The van der Waals surface area contributed by atoms with Crippen LogP contribution in [0.4, 0.5) is 14.5 Å². The van der Waals surface area contributed by atoms with Crippen molar-refractivity contribution in [1.29, 1.82) is 0 Å². The fourth-order valence-electron chi connectivity index (χ4n) is 4.68. The molecule has 0 aromatic heterocycles. The van der Waals surface area contributed by atoms with Crippen LogP contribution >= 0.6 is 0 Å². The molecule has 4 rings (SSSR count). The smallest absolute Gasteiger partial charge is 0.264 e. The maximum absolute atomic E-state index is 14.3. The highest BCUT2D eigenvalue weighted by Gasteiger charge is 2.34. The van der Waals surface area contributed by atoms with Gasteiger partial charge in [0.1, 0.15) is 24.2 Å². The SMILES string of the molecule is CCCNC(=O)C(Cc1ccccc1)N(Cc1ccc(F)cc1)C(=O)CN(c1ccc(F)cc1)S(=O)(=O)c1ccc(C)cc1. The van der Waals surface area contributed by atoms with Gasteiger partial charge in [0.2, 0.25) is 11.8 Å². The molecule has 0 spiro atoms. The van der Waals surface area contributed by atoms with Crippen LogP contribution in [0.3, 0.4) is 0 Å². The van der Waals surface area contributed by atoms with Gasteiger partial charge in [-0.05, 0) is 73.0 Å². The van der Waals surface area contributed by atoms with Crippen LogP contribution in [-0.4, -0.2) is 44.3 Å². The van der Waals surface area contributed by atoms with Crippen LogP contribution in [-0.2, 0) is 32.6 Å². The van der Waals surface area contributed by atoms with E-state index in [-0.39, 0.29) is 23.5 Å². The van der Waals surface area contributed by atoms with E-state index in [1.54, 1.807) is 12.1 Å². The second-order valence-corrected chi connectivity index (χ2v) is 12.3. The lowest BCUT2D eigenvalue weighted by atomic mass is 10.0. The normalized spacial score (nSPS) is 11.9. The van der Waals surface area contributed by atoms with Gasteiger partial charge in [-0.25, -0.2) is 17.2 Å². The van der Waals surface area contributed by atoms with Crippen molar-refractivity contribution in [1.82, 2.24) is 10.2 Å². The summed E-state index contributed by atoms with van der Waals surface area (Å²) in [5.74, 6) is -2.09. The average molecular weight is 620 g/mol. The van der Waals surface area contributed by atoms with Crippen LogP contribution in [0.2, 0.25) is 0 Å². The Balaban J connectivity index is 1.78. The Morgan fingerprint density at radius 2 is 1.39 bits per heavy atom. The van der Waals surface area contributed by atoms with Gasteiger partial charge < -0.3 is 10.2 Å². The van der Waals surface area contributed by atoms with Gasteiger partial charge in [0.25, 0.3) is 10.0 Å². The van der Waals surface area contributed by atoms with E-state index in [2.05, 4.69) is 5.32 Å². The first-order chi connectivity index (χ1) is 21.1. The quantitative estimate of drug-likeness (QED) is 0.210. The summed E-state index contributed by atoms with van der Waals surface area (Å²) in [5, 5.41) is 2.87. The van der Waals surface area contributed by atoms with Gasteiger partial charge in [-0.2, -0.15) is 0 Å². The molecule has 0 bridgehead atoms. The van der Waals surface area contributed by atoms with Crippen molar-refractivity contribution < 1.29 is 26.8 Å². The van der Waals surface area contributed by atoms with E-state index in [1.807, 2.05) is 44.2 Å². The molecule has 230 valence electrons. The molecule has 0 aliphatic rings. The number of sulfonamides is 1. The molecule has 0 fully saturated rings. The third-order valence-electron chi connectivity index (χ3n) is 7.09. The number of hydrogen-bond donors (Lipinski definition) is 1. The van der Waals surface area contributed by atoms with E-state index >= 15 is 0 Å². The highest BCUT2D eigenvalue weighted by molar-refractivity contribution is 7.92. The first-order valence-electron chi connectivity index (χ1n) is 14.3. The molecule has 4 aromatic carbocycles. The number of carbonyl (C=O) groups excluding carboxylic acids is 2. The van der Waals surface area contributed by atoms with Crippen LogP contribution in [0.1, 0.15) is 30.0 Å². The molecule has 0 aliphatic heterocycles. The van der Waals surface area contributed by atoms with Gasteiger partial charge in [0.15, 0.2) is 0 Å². The van der Waals surface area contributed by atoms with E-state index < -0.39 is 46.1 Å². The molecule has 0 saturated carbocycles. The Bertz CT molecular complexity index is 1650. The predicted octanol–water partition coefficient (Wildman–Crippen LogP) is 5.63. The summed E-state index contributed by atoms with van der Waals surface area (Å²) >= 11 is 0. The third kappa shape index (κ3) is 8.29. The molecule has 0 radical (unpaired) electrons. The number of amides is 2. The molecular weight excluding hydrogens is 584 g/mol. The second-order valence-electron chi connectivity index (χ2n) is 10.4. The first-order valence-corrected chi connectivity index (χ1v) is 15.7. The van der Waals surface area contributed by atoms with E-state index in [4.69, 9.17) is 0 Å². The second kappa shape index (κ2) is 14.7. The van der Waals surface area contributed by atoms with Gasteiger partial charge in [0.05, 0.1) is 10.6 Å². The highest BCUT2D eigenvalue weighted by atomic mass is 32.2.